The Balaban J connectivity index is 3.76. The lowest BCUT2D eigenvalue weighted by Gasteiger charge is -2.18. The summed E-state index contributed by atoms with van der Waals surface area (Å²) in [6.07, 6.45) is 41.4. The molecule has 0 aromatic carbocycles. The van der Waals surface area contributed by atoms with Crippen LogP contribution in [-0.2, 0) is 9.59 Å². The van der Waals surface area contributed by atoms with Gasteiger partial charge in [-0.1, -0.05) is 161 Å². The van der Waals surface area contributed by atoms with Crippen LogP contribution in [0.3, 0.4) is 0 Å². The fourth-order valence-electron chi connectivity index (χ4n) is 5.87. The number of unbranched alkanes of at least 4 members (excludes halogenated alkanes) is 24. The van der Waals surface area contributed by atoms with E-state index in [0.29, 0.717) is 25.9 Å². The van der Waals surface area contributed by atoms with Crippen LogP contribution in [0, 0.1) is 0 Å². The Labute approximate surface area is 275 Å². The van der Waals surface area contributed by atoms with Crippen molar-refractivity contribution >= 4 is 11.8 Å². The van der Waals surface area contributed by atoms with E-state index in [9.17, 15) is 9.59 Å². The topological polar surface area (TPSA) is 84.2 Å². The molecular formula is C39H77N3O2. The predicted octanol–water partition coefficient (Wildman–Crippen LogP) is 10.8. The molecule has 0 saturated heterocycles. The van der Waals surface area contributed by atoms with Gasteiger partial charge in [0.2, 0.25) is 11.8 Å². The number of carbonyl (C=O) groups is 2. The number of allylic oxidation sites excluding steroid dienone is 2. The van der Waals surface area contributed by atoms with Gasteiger partial charge in [-0.25, -0.2) is 0 Å². The van der Waals surface area contributed by atoms with Crippen molar-refractivity contribution in [3.8, 4) is 0 Å². The molecule has 0 aliphatic heterocycles. The molecule has 260 valence electrons. The minimum absolute atomic E-state index is 0.00343. The van der Waals surface area contributed by atoms with Crippen molar-refractivity contribution in [1.82, 2.24) is 10.6 Å². The standard InChI is InChI=1S/C39H77N3O2/c1-3-5-7-9-11-13-15-17-19-20-22-24-26-28-30-34-38(43)42-37(33-32-35-40)39(44)41-36-31-29-27-25-23-21-18-16-14-12-10-8-6-4-2/h17,19,37H,3-16,18,20-36,40H2,1-2H3,(H,41,44)(H,42,43)/b19-17-/t37-/m0/s1. The molecule has 0 bridgehead atoms. The zero-order chi connectivity index (χ0) is 32.2. The Hall–Kier alpha value is -1.36. The first-order valence-corrected chi connectivity index (χ1v) is 19.6. The molecule has 0 aliphatic carbocycles. The van der Waals surface area contributed by atoms with E-state index in [1.165, 1.54) is 148 Å². The van der Waals surface area contributed by atoms with Crippen molar-refractivity contribution in [2.24, 2.45) is 5.73 Å². The molecule has 5 heteroatoms. The number of nitrogens with two attached hydrogens (primary N) is 1. The summed E-state index contributed by atoms with van der Waals surface area (Å²) in [4.78, 5) is 25.3. The molecular weight excluding hydrogens is 542 g/mol. The Bertz CT molecular complexity index is 637. The third-order valence-corrected chi connectivity index (χ3v) is 8.84. The minimum atomic E-state index is -0.458. The maximum absolute atomic E-state index is 12.8. The normalized spacial score (nSPS) is 12.2. The third kappa shape index (κ3) is 32.0. The van der Waals surface area contributed by atoms with Gasteiger partial charge in [0, 0.05) is 13.0 Å². The van der Waals surface area contributed by atoms with Gasteiger partial charge in [0.1, 0.15) is 6.04 Å². The highest BCUT2D eigenvalue weighted by Crippen LogP contribution is 2.13. The number of carbonyl (C=O) groups excluding carboxylic acids is 2. The summed E-state index contributed by atoms with van der Waals surface area (Å²) < 4.78 is 0. The van der Waals surface area contributed by atoms with Crippen molar-refractivity contribution < 1.29 is 9.59 Å². The second kappa shape index (κ2) is 36.1. The Morgan fingerprint density at radius 2 is 0.955 bits per heavy atom. The minimum Gasteiger partial charge on any atom is -0.354 e. The van der Waals surface area contributed by atoms with Crippen LogP contribution < -0.4 is 16.4 Å². The van der Waals surface area contributed by atoms with Crippen LogP contribution in [0.4, 0.5) is 0 Å². The van der Waals surface area contributed by atoms with Crippen LogP contribution in [0.15, 0.2) is 12.2 Å². The fourth-order valence-corrected chi connectivity index (χ4v) is 5.87. The zero-order valence-corrected chi connectivity index (χ0v) is 29.8. The van der Waals surface area contributed by atoms with Crippen LogP contribution >= 0.6 is 0 Å². The van der Waals surface area contributed by atoms with E-state index < -0.39 is 6.04 Å². The maximum Gasteiger partial charge on any atom is 0.242 e. The lowest BCUT2D eigenvalue weighted by atomic mass is 10.0. The molecule has 0 saturated carbocycles. The van der Waals surface area contributed by atoms with Gasteiger partial charge in [0.15, 0.2) is 0 Å². The van der Waals surface area contributed by atoms with Crippen molar-refractivity contribution in [2.75, 3.05) is 13.1 Å². The molecule has 44 heavy (non-hydrogen) atoms. The highest BCUT2D eigenvalue weighted by Gasteiger charge is 2.19. The molecule has 0 aromatic rings. The van der Waals surface area contributed by atoms with E-state index >= 15 is 0 Å². The SMILES string of the molecule is CCCCCCCC/C=C\CCCCCCCC(=O)N[C@@H](CCCN)C(=O)NCCCCCCCCCCCCCCCC. The molecule has 0 rings (SSSR count). The molecule has 0 spiro atoms. The molecule has 2 amide bonds. The average Bonchev–Trinajstić information content (AvgIpc) is 3.02. The summed E-state index contributed by atoms with van der Waals surface area (Å²) in [5.74, 6) is -0.0534. The number of nitrogens with one attached hydrogen (secondary N) is 2. The van der Waals surface area contributed by atoms with Crippen molar-refractivity contribution in [3.05, 3.63) is 12.2 Å². The number of hydrogen-bond acceptors (Lipinski definition) is 3. The second-order valence-electron chi connectivity index (χ2n) is 13.3. The van der Waals surface area contributed by atoms with E-state index in [1.807, 2.05) is 0 Å². The van der Waals surface area contributed by atoms with E-state index in [4.69, 9.17) is 5.73 Å². The van der Waals surface area contributed by atoms with E-state index in [-0.39, 0.29) is 11.8 Å². The van der Waals surface area contributed by atoms with Gasteiger partial charge in [-0.15, -0.1) is 0 Å². The zero-order valence-electron chi connectivity index (χ0n) is 29.8. The van der Waals surface area contributed by atoms with Gasteiger partial charge in [-0.05, 0) is 57.9 Å². The maximum atomic E-state index is 12.8. The van der Waals surface area contributed by atoms with Gasteiger partial charge in [0.25, 0.3) is 0 Å². The third-order valence-electron chi connectivity index (χ3n) is 8.84. The average molecular weight is 620 g/mol. The van der Waals surface area contributed by atoms with Crippen LogP contribution in [0.2, 0.25) is 0 Å². The molecule has 0 fully saturated rings. The first-order valence-electron chi connectivity index (χ1n) is 19.6. The number of hydrogen-bond donors (Lipinski definition) is 3. The molecule has 0 unspecified atom stereocenters. The molecule has 0 aromatic heterocycles. The van der Waals surface area contributed by atoms with Gasteiger partial charge in [-0.3, -0.25) is 9.59 Å². The lowest BCUT2D eigenvalue weighted by molar-refractivity contribution is -0.129. The van der Waals surface area contributed by atoms with Crippen LogP contribution in [0.25, 0.3) is 0 Å². The van der Waals surface area contributed by atoms with Crippen LogP contribution in [0.1, 0.15) is 206 Å². The number of amides is 2. The van der Waals surface area contributed by atoms with Gasteiger partial charge >= 0.3 is 0 Å². The van der Waals surface area contributed by atoms with Crippen molar-refractivity contribution in [2.45, 2.75) is 213 Å². The van der Waals surface area contributed by atoms with Crippen LogP contribution in [-0.4, -0.2) is 30.9 Å². The summed E-state index contributed by atoms with van der Waals surface area (Å²) in [5, 5.41) is 6.05. The molecule has 1 atom stereocenters. The first-order chi connectivity index (χ1) is 21.7. The summed E-state index contributed by atoms with van der Waals surface area (Å²) >= 11 is 0. The lowest BCUT2D eigenvalue weighted by Crippen LogP contribution is -2.47. The molecule has 5 nitrogen and oxygen atoms in total. The molecule has 0 radical (unpaired) electrons. The Morgan fingerprint density at radius 3 is 1.41 bits per heavy atom. The summed E-state index contributed by atoms with van der Waals surface area (Å²) in [6, 6.07) is -0.458. The van der Waals surface area contributed by atoms with E-state index in [0.717, 1.165) is 32.1 Å². The predicted molar refractivity (Wildman–Crippen MR) is 193 cm³/mol. The largest absolute Gasteiger partial charge is 0.354 e. The fraction of sp³-hybridized carbons (Fsp3) is 0.897. The molecule has 0 aliphatic rings. The molecule has 4 N–H and O–H groups in total. The molecule has 0 heterocycles. The summed E-state index contributed by atoms with van der Waals surface area (Å²) in [6.45, 7) is 5.77. The van der Waals surface area contributed by atoms with Gasteiger partial charge in [0.05, 0.1) is 0 Å². The summed E-state index contributed by atoms with van der Waals surface area (Å²) in [7, 11) is 0. The van der Waals surface area contributed by atoms with Crippen molar-refractivity contribution in [3.63, 3.8) is 0 Å². The highest BCUT2D eigenvalue weighted by atomic mass is 16.2. The first kappa shape index (κ1) is 42.6. The van der Waals surface area contributed by atoms with E-state index in [1.54, 1.807) is 0 Å². The van der Waals surface area contributed by atoms with Crippen molar-refractivity contribution in [1.29, 1.82) is 0 Å². The van der Waals surface area contributed by atoms with Gasteiger partial charge in [-0.2, -0.15) is 0 Å². The number of rotatable bonds is 35. The smallest absolute Gasteiger partial charge is 0.242 e. The Morgan fingerprint density at radius 1 is 0.545 bits per heavy atom. The Kier molecular flexibility index (Phi) is 35.0. The highest BCUT2D eigenvalue weighted by molar-refractivity contribution is 5.87. The quantitative estimate of drug-likeness (QED) is 0.0487. The van der Waals surface area contributed by atoms with Crippen LogP contribution in [0.5, 0.6) is 0 Å². The summed E-state index contributed by atoms with van der Waals surface area (Å²) in [5.41, 5.74) is 5.69. The second-order valence-corrected chi connectivity index (χ2v) is 13.3. The monoisotopic (exact) mass is 620 g/mol. The van der Waals surface area contributed by atoms with Gasteiger partial charge < -0.3 is 16.4 Å². The van der Waals surface area contributed by atoms with E-state index in [2.05, 4.69) is 36.6 Å².